The minimum Gasteiger partial charge on any atom is -0.508 e. The first-order valence-electron chi connectivity index (χ1n) is 12.9. The Morgan fingerprint density at radius 3 is 2.17 bits per heavy atom. The second kappa shape index (κ2) is 28.9. The van der Waals surface area contributed by atoms with E-state index < -0.39 is 5.25 Å². The predicted molar refractivity (Wildman–Crippen MR) is 154 cm³/mol. The lowest BCUT2D eigenvalue weighted by Crippen LogP contribution is -2.18. The minimum atomic E-state index is -0.399. The molecule has 208 valence electrons. The van der Waals surface area contributed by atoms with Gasteiger partial charge in [0.15, 0.2) is 0 Å². The summed E-state index contributed by atoms with van der Waals surface area (Å²) in [5, 5.41) is 14.9. The first-order valence-corrected chi connectivity index (χ1v) is 13.8. The summed E-state index contributed by atoms with van der Waals surface area (Å²) in [6.07, 6.45) is 11.8. The Balaban J connectivity index is -0.000000465. The molecule has 0 heterocycles. The summed E-state index contributed by atoms with van der Waals surface area (Å²) >= 11 is 0.963. The zero-order chi connectivity index (χ0) is 28.2. The van der Waals surface area contributed by atoms with E-state index in [0.29, 0.717) is 12.3 Å². The van der Waals surface area contributed by atoms with Gasteiger partial charge < -0.3 is 24.8 Å². The Morgan fingerprint density at radius 2 is 1.75 bits per heavy atom. The molecule has 7 nitrogen and oxygen atoms in total. The van der Waals surface area contributed by atoms with E-state index in [4.69, 9.17) is 14.7 Å². The number of aromatic hydroxyl groups is 1. The van der Waals surface area contributed by atoms with Crippen molar-refractivity contribution >= 4 is 35.8 Å². The highest BCUT2D eigenvalue weighted by molar-refractivity contribution is 8.14. The third-order valence-corrected chi connectivity index (χ3v) is 6.04. The number of hydrogen-bond donors (Lipinski definition) is 2. The second-order valence-electron chi connectivity index (χ2n) is 7.82. The molecule has 0 spiro atoms. The highest BCUT2D eigenvalue weighted by Crippen LogP contribution is 2.21. The first kappa shape index (κ1) is 38.2. The number of carbonyl (C=O) groups excluding carboxylic acids is 3. The number of benzene rings is 1. The predicted octanol–water partition coefficient (Wildman–Crippen LogP) is 7.20. The normalized spacial score (nSPS) is 15.5. The van der Waals surface area contributed by atoms with Crippen molar-refractivity contribution in [3.8, 4) is 5.75 Å². The van der Waals surface area contributed by atoms with Crippen LogP contribution in [-0.4, -0.2) is 48.5 Å². The van der Waals surface area contributed by atoms with E-state index in [9.17, 15) is 9.59 Å². The van der Waals surface area contributed by atoms with Crippen molar-refractivity contribution < 1.29 is 24.3 Å². The summed E-state index contributed by atoms with van der Waals surface area (Å²) in [6.45, 7) is 12.7. The van der Waals surface area contributed by atoms with Gasteiger partial charge in [0.1, 0.15) is 25.9 Å². The molecular formula is C28H50N2O5S. The summed E-state index contributed by atoms with van der Waals surface area (Å²) in [5.41, 5.74) is 2.15. The highest BCUT2D eigenvalue weighted by Gasteiger charge is 2.15. The van der Waals surface area contributed by atoms with Gasteiger partial charge in [0, 0.05) is 7.05 Å². The number of rotatable bonds is 8. The van der Waals surface area contributed by atoms with Gasteiger partial charge in [0.2, 0.25) is 0 Å². The van der Waals surface area contributed by atoms with E-state index in [1.165, 1.54) is 57.7 Å². The number of nitrogens with one attached hydrogen (secondary N) is 1. The molecule has 0 saturated heterocycles. The van der Waals surface area contributed by atoms with E-state index in [0.717, 1.165) is 30.0 Å². The maximum atomic E-state index is 11.1. The Labute approximate surface area is 223 Å². The molecular weight excluding hydrogens is 476 g/mol. The van der Waals surface area contributed by atoms with Crippen molar-refractivity contribution in [2.45, 2.75) is 97.7 Å². The van der Waals surface area contributed by atoms with Crippen LogP contribution < -0.4 is 5.32 Å². The van der Waals surface area contributed by atoms with E-state index in [2.05, 4.69) is 31.2 Å². The fraction of sp³-hybridized carbons (Fsp3) is 0.643. The van der Waals surface area contributed by atoms with Gasteiger partial charge in [-0.3, -0.25) is 4.79 Å². The number of aldehydes is 1. The SMILES string of the molecule is C=O.CC.CCCCCC.CNC(=O)SC(C=O)Cc1ccc(O)cc1.CO/N=C1/CCCCC1C. The van der Waals surface area contributed by atoms with Crippen molar-refractivity contribution in [1.82, 2.24) is 5.32 Å². The molecule has 36 heavy (non-hydrogen) atoms. The van der Waals surface area contributed by atoms with Gasteiger partial charge in [-0.1, -0.05) is 95.8 Å². The van der Waals surface area contributed by atoms with Crippen LogP contribution in [0.3, 0.4) is 0 Å². The van der Waals surface area contributed by atoms with Gasteiger partial charge in [-0.2, -0.15) is 0 Å². The maximum absolute atomic E-state index is 11.1. The van der Waals surface area contributed by atoms with Crippen molar-refractivity contribution in [3.63, 3.8) is 0 Å². The molecule has 8 heteroatoms. The Kier molecular flexibility index (Phi) is 30.6. The van der Waals surface area contributed by atoms with Crippen LogP contribution in [0.25, 0.3) is 0 Å². The number of phenols is 1. The van der Waals surface area contributed by atoms with Gasteiger partial charge in [-0.25, -0.2) is 0 Å². The lowest BCUT2D eigenvalue weighted by atomic mass is 9.89. The first-order chi connectivity index (χ1) is 17.4. The number of carbonyl (C=O) groups is 3. The fourth-order valence-electron chi connectivity index (χ4n) is 3.10. The molecule has 0 aliphatic heterocycles. The fourth-order valence-corrected chi connectivity index (χ4v) is 3.82. The van der Waals surface area contributed by atoms with Crippen LogP contribution in [0, 0.1) is 5.92 Å². The Hall–Kier alpha value is -2.35. The van der Waals surface area contributed by atoms with Gasteiger partial charge in [-0.15, -0.1) is 0 Å². The van der Waals surface area contributed by atoms with Crippen LogP contribution in [0.2, 0.25) is 0 Å². The molecule has 1 aromatic carbocycles. The number of oxime groups is 1. The van der Waals surface area contributed by atoms with Gasteiger partial charge >= 0.3 is 0 Å². The second-order valence-corrected chi connectivity index (χ2v) is 9.03. The highest BCUT2D eigenvalue weighted by atomic mass is 32.2. The molecule has 1 aliphatic carbocycles. The summed E-state index contributed by atoms with van der Waals surface area (Å²) in [7, 11) is 3.14. The average Bonchev–Trinajstić information content (AvgIpc) is 2.92. The summed E-state index contributed by atoms with van der Waals surface area (Å²) in [4.78, 5) is 34.6. The standard InChI is InChI=1S/C11H13NO3S.C8H15NO.C6H14.C2H6.CH2O/c1-12-11(15)16-10(7-13)6-8-2-4-9(14)5-3-8;1-7-5-3-4-6-8(7)9-10-2;1-3-5-6-4-2;2*1-2/h2-5,7,10,14H,6H2,1H3,(H,12,15);7H,3-6H2,1-2H3;3-6H2,1-2H3;1-2H3;1H2/b;9-8-;;;. The molecule has 1 fully saturated rings. The van der Waals surface area contributed by atoms with Crippen molar-refractivity contribution in [3.05, 3.63) is 29.8 Å². The Bertz CT molecular complexity index is 664. The van der Waals surface area contributed by atoms with Crippen molar-refractivity contribution in [2.24, 2.45) is 11.1 Å². The molecule has 1 aromatic rings. The molecule has 1 amide bonds. The quantitative estimate of drug-likeness (QED) is 0.211. The summed E-state index contributed by atoms with van der Waals surface area (Å²) in [5.74, 6) is 0.832. The number of thioether (sulfide) groups is 1. The third-order valence-electron chi connectivity index (χ3n) is 5.04. The molecule has 2 N–H and O–H groups in total. The number of amides is 1. The van der Waals surface area contributed by atoms with Crippen molar-refractivity contribution in [1.29, 1.82) is 0 Å². The number of unbranched alkanes of at least 4 members (excludes halogenated alkanes) is 3. The van der Waals surface area contributed by atoms with Gasteiger partial charge in [0.25, 0.3) is 5.24 Å². The van der Waals surface area contributed by atoms with Crippen LogP contribution in [-0.2, 0) is 20.8 Å². The van der Waals surface area contributed by atoms with Crippen LogP contribution in [0.4, 0.5) is 4.79 Å². The van der Waals surface area contributed by atoms with Crippen LogP contribution >= 0.6 is 11.8 Å². The molecule has 1 aliphatic rings. The third kappa shape index (κ3) is 22.1. The molecule has 2 unspecified atom stereocenters. The summed E-state index contributed by atoms with van der Waals surface area (Å²) in [6, 6.07) is 6.58. The molecule has 0 radical (unpaired) electrons. The minimum absolute atomic E-state index is 0.186. The van der Waals surface area contributed by atoms with Crippen LogP contribution in [0.5, 0.6) is 5.75 Å². The molecule has 0 aromatic heterocycles. The largest absolute Gasteiger partial charge is 0.508 e. The van der Waals surface area contributed by atoms with E-state index in [1.807, 2.05) is 20.6 Å². The van der Waals surface area contributed by atoms with E-state index >= 15 is 0 Å². The maximum Gasteiger partial charge on any atom is 0.279 e. The molecule has 1 saturated carbocycles. The van der Waals surface area contributed by atoms with Crippen molar-refractivity contribution in [2.75, 3.05) is 14.2 Å². The molecule has 0 bridgehead atoms. The smallest absolute Gasteiger partial charge is 0.279 e. The lowest BCUT2D eigenvalue weighted by Gasteiger charge is -2.18. The van der Waals surface area contributed by atoms with E-state index in [1.54, 1.807) is 31.4 Å². The van der Waals surface area contributed by atoms with E-state index in [-0.39, 0.29) is 11.0 Å². The van der Waals surface area contributed by atoms with Crippen LogP contribution in [0.15, 0.2) is 29.4 Å². The van der Waals surface area contributed by atoms with Gasteiger partial charge in [0.05, 0.1) is 11.0 Å². The van der Waals surface area contributed by atoms with Gasteiger partial charge in [-0.05, 0) is 49.3 Å². The molecule has 2 atom stereocenters. The number of nitrogens with zero attached hydrogens (tertiary/aromatic N) is 1. The number of phenolic OH excluding ortho intramolecular Hbond substituents is 1. The zero-order valence-corrected chi connectivity index (χ0v) is 24.4. The lowest BCUT2D eigenvalue weighted by molar-refractivity contribution is -0.107. The Morgan fingerprint density at radius 1 is 1.19 bits per heavy atom. The van der Waals surface area contributed by atoms with Crippen LogP contribution in [0.1, 0.15) is 91.5 Å². The summed E-state index contributed by atoms with van der Waals surface area (Å²) < 4.78 is 0. The zero-order valence-electron chi connectivity index (χ0n) is 23.5. The molecule has 2 rings (SSSR count). The monoisotopic (exact) mass is 526 g/mol. The average molecular weight is 527 g/mol. The topological polar surface area (TPSA) is 105 Å². The number of hydrogen-bond acceptors (Lipinski definition) is 7.